The fourth-order valence-corrected chi connectivity index (χ4v) is 4.01. The number of carbonyl (C=O) groups is 4. The Balaban J connectivity index is 2.25. The van der Waals surface area contributed by atoms with Gasteiger partial charge in [-0.25, -0.2) is 14.4 Å². The van der Waals surface area contributed by atoms with E-state index < -0.39 is 42.5 Å². The van der Waals surface area contributed by atoms with Gasteiger partial charge in [0, 0.05) is 5.92 Å². The third-order valence-corrected chi connectivity index (χ3v) is 6.26. The number of hydrogen-bond donors (Lipinski definition) is 2. The zero-order chi connectivity index (χ0) is 31.6. The zero-order valence-corrected chi connectivity index (χ0v) is 24.8. The maximum absolute atomic E-state index is 12.4. The number of nitrogens with two attached hydrogens (primary N) is 1. The first-order valence-corrected chi connectivity index (χ1v) is 14.4. The number of hydrogen-bond acceptors (Lipinski definition) is 11. The Bertz CT molecular complexity index is 1170. The first-order valence-electron chi connectivity index (χ1n) is 14.4. The van der Waals surface area contributed by atoms with Gasteiger partial charge in [-0.3, -0.25) is 4.79 Å². The van der Waals surface area contributed by atoms with Gasteiger partial charge in [0.05, 0.1) is 13.2 Å². The van der Waals surface area contributed by atoms with Gasteiger partial charge in [-0.2, -0.15) is 0 Å². The van der Waals surface area contributed by atoms with Gasteiger partial charge in [0.2, 0.25) is 0 Å². The fraction of sp³-hybridized carbons (Fsp3) is 0.484. The minimum absolute atomic E-state index is 0.0298. The van der Waals surface area contributed by atoms with Crippen molar-refractivity contribution in [3.05, 3.63) is 54.1 Å². The van der Waals surface area contributed by atoms with E-state index in [1.807, 2.05) is 13.8 Å². The van der Waals surface area contributed by atoms with Crippen LogP contribution >= 0.6 is 0 Å². The molecule has 0 aromatic heterocycles. The highest BCUT2D eigenvalue weighted by Gasteiger charge is 2.30. The Kier molecular flexibility index (Phi) is 15.4. The molecule has 3 N–H and O–H groups in total. The van der Waals surface area contributed by atoms with Crippen LogP contribution in [0.2, 0.25) is 0 Å². The molecule has 0 aliphatic carbocycles. The van der Waals surface area contributed by atoms with Crippen LogP contribution in [-0.4, -0.2) is 54.9 Å². The maximum Gasteiger partial charge on any atom is 0.514 e. The van der Waals surface area contributed by atoms with Crippen LogP contribution in [-0.2, 0) is 19.0 Å². The van der Waals surface area contributed by atoms with E-state index in [2.05, 4.69) is 0 Å². The molecule has 2 aromatic carbocycles. The number of benzene rings is 2. The van der Waals surface area contributed by atoms with Gasteiger partial charge in [0.1, 0.15) is 17.9 Å². The summed E-state index contributed by atoms with van der Waals surface area (Å²) in [7, 11) is 0. The molecule has 0 radical (unpaired) electrons. The van der Waals surface area contributed by atoms with Gasteiger partial charge in [-0.15, -0.1) is 0 Å². The summed E-state index contributed by atoms with van der Waals surface area (Å²) in [6, 6.07) is 11.0. The van der Waals surface area contributed by atoms with Crippen molar-refractivity contribution in [2.45, 2.75) is 83.8 Å². The summed E-state index contributed by atoms with van der Waals surface area (Å²) in [5.74, 6) is -2.30. The predicted octanol–water partition coefficient (Wildman–Crippen LogP) is 6.59. The summed E-state index contributed by atoms with van der Waals surface area (Å²) >= 11 is 0. The van der Waals surface area contributed by atoms with Crippen molar-refractivity contribution < 1.29 is 52.7 Å². The molecular formula is C31H41NO11. The fourth-order valence-electron chi connectivity index (χ4n) is 4.01. The lowest BCUT2D eigenvalue weighted by molar-refractivity contribution is -0.139. The molecule has 0 saturated carbocycles. The molecule has 43 heavy (non-hydrogen) atoms. The van der Waals surface area contributed by atoms with E-state index in [0.29, 0.717) is 18.4 Å². The highest BCUT2D eigenvalue weighted by molar-refractivity contribution is 5.75. The Labute approximate surface area is 251 Å². The summed E-state index contributed by atoms with van der Waals surface area (Å²) in [4.78, 5) is 48.9. The molecular weight excluding hydrogens is 562 g/mol. The van der Waals surface area contributed by atoms with E-state index in [-0.39, 0.29) is 36.9 Å². The van der Waals surface area contributed by atoms with E-state index in [9.17, 15) is 24.3 Å². The van der Waals surface area contributed by atoms with Gasteiger partial charge < -0.3 is 39.3 Å². The zero-order valence-electron chi connectivity index (χ0n) is 24.8. The van der Waals surface area contributed by atoms with E-state index in [4.69, 9.17) is 34.2 Å². The highest BCUT2D eigenvalue weighted by atomic mass is 16.7. The monoisotopic (exact) mass is 603 g/mol. The first-order chi connectivity index (χ1) is 20.6. The van der Waals surface area contributed by atoms with Crippen LogP contribution in [0.25, 0.3) is 0 Å². The number of carbonyl (C=O) groups excluding carboxylic acids is 3. The van der Waals surface area contributed by atoms with Crippen molar-refractivity contribution in [3.63, 3.8) is 0 Å². The quantitative estimate of drug-likeness (QED) is 0.0862. The number of ether oxygens (including phenoxy) is 6. The van der Waals surface area contributed by atoms with Gasteiger partial charge in [-0.05, 0) is 56.0 Å². The normalized spacial score (nSPS) is 12.7. The van der Waals surface area contributed by atoms with Gasteiger partial charge in [-0.1, -0.05) is 63.8 Å². The predicted molar refractivity (Wildman–Crippen MR) is 155 cm³/mol. The lowest BCUT2D eigenvalue weighted by Crippen LogP contribution is -2.38. The second kappa shape index (κ2) is 19.0. The Morgan fingerprint density at radius 2 is 1.35 bits per heavy atom. The molecule has 2 aromatic rings. The Hall–Kier alpha value is -4.32. The molecule has 0 bridgehead atoms. The average molecular weight is 604 g/mol. The molecule has 0 heterocycles. The topological polar surface area (TPSA) is 170 Å². The number of aliphatic carboxylic acids is 1. The highest BCUT2D eigenvalue weighted by Crippen LogP contribution is 2.35. The number of rotatable bonds is 17. The smallest absolute Gasteiger partial charge is 0.480 e. The number of para-hydroxylation sites is 1. The second-order valence-corrected chi connectivity index (χ2v) is 9.82. The summed E-state index contributed by atoms with van der Waals surface area (Å²) in [5, 5.41) is 9.70. The number of carboxylic acids is 1. The minimum Gasteiger partial charge on any atom is -0.480 e. The molecule has 0 fully saturated rings. The summed E-state index contributed by atoms with van der Waals surface area (Å²) in [5.41, 5.74) is 6.35. The van der Waals surface area contributed by atoms with Crippen LogP contribution < -0.4 is 19.9 Å². The van der Waals surface area contributed by atoms with Crippen molar-refractivity contribution in [2.24, 2.45) is 5.73 Å². The van der Waals surface area contributed by atoms with E-state index in [1.54, 1.807) is 37.3 Å². The van der Waals surface area contributed by atoms with E-state index in [1.165, 1.54) is 18.2 Å². The largest absolute Gasteiger partial charge is 0.514 e. The van der Waals surface area contributed by atoms with Crippen molar-refractivity contribution in [2.75, 3.05) is 13.2 Å². The van der Waals surface area contributed by atoms with Crippen LogP contribution in [0.15, 0.2) is 48.5 Å². The maximum atomic E-state index is 12.4. The lowest BCUT2D eigenvalue weighted by atomic mass is 9.87. The molecule has 0 spiro atoms. The summed E-state index contributed by atoms with van der Waals surface area (Å²) in [6.45, 7) is 5.86. The number of unbranched alkanes of at least 4 members (excludes halogenated alkanes) is 4. The molecule has 12 heteroatoms. The van der Waals surface area contributed by atoms with E-state index in [0.717, 1.165) is 25.7 Å². The average Bonchev–Trinajstić information content (AvgIpc) is 2.97. The summed E-state index contributed by atoms with van der Waals surface area (Å²) < 4.78 is 31.3. The lowest BCUT2D eigenvalue weighted by Gasteiger charge is -2.25. The number of carboxylic acid groups (broad SMARTS) is 1. The molecule has 0 aliphatic heterocycles. The standard InChI is InChI=1S/C31H41NO11/c1-4-6-11-17-38-29(35)42-25-16-15-22(20-26(25)43-30(36)39-18-12-7-5-2)24(27(32)28(33)34)19-21(3)40-31(37)41-23-13-9-8-10-14-23/h8-10,13-16,20-21,24,27H,4-7,11-12,17-19,32H2,1-3H3,(H,33,34)/t21?,24?,27-/m0/s1. The van der Waals surface area contributed by atoms with Crippen LogP contribution in [0.5, 0.6) is 17.2 Å². The summed E-state index contributed by atoms with van der Waals surface area (Å²) in [6.07, 6.45) is 1.03. The Morgan fingerprint density at radius 3 is 1.91 bits per heavy atom. The molecule has 2 unspecified atom stereocenters. The third kappa shape index (κ3) is 13.0. The van der Waals surface area contributed by atoms with E-state index >= 15 is 0 Å². The van der Waals surface area contributed by atoms with Crippen molar-refractivity contribution in [1.82, 2.24) is 0 Å². The molecule has 3 atom stereocenters. The Morgan fingerprint density at radius 1 is 0.767 bits per heavy atom. The first kappa shape index (κ1) is 34.9. The molecule has 12 nitrogen and oxygen atoms in total. The van der Waals surface area contributed by atoms with Crippen molar-refractivity contribution in [3.8, 4) is 17.2 Å². The van der Waals surface area contributed by atoms with Crippen LogP contribution in [0.3, 0.4) is 0 Å². The molecule has 0 aliphatic rings. The van der Waals surface area contributed by atoms with Crippen molar-refractivity contribution >= 4 is 24.4 Å². The molecule has 2 rings (SSSR count). The van der Waals surface area contributed by atoms with Crippen LogP contribution in [0.1, 0.15) is 77.2 Å². The third-order valence-electron chi connectivity index (χ3n) is 6.26. The van der Waals surface area contributed by atoms with Gasteiger partial charge in [0.25, 0.3) is 0 Å². The molecule has 0 amide bonds. The van der Waals surface area contributed by atoms with Crippen LogP contribution in [0.4, 0.5) is 14.4 Å². The van der Waals surface area contributed by atoms with Crippen molar-refractivity contribution in [1.29, 1.82) is 0 Å². The minimum atomic E-state index is -1.43. The SMILES string of the molecule is CCCCCOC(=O)Oc1ccc(C(CC(C)OC(=O)Oc2ccccc2)[C@H](N)C(=O)O)cc1OC(=O)OCCCCC. The van der Waals surface area contributed by atoms with Crippen LogP contribution in [0, 0.1) is 0 Å². The molecule has 236 valence electrons. The molecule has 0 saturated heterocycles. The van der Waals surface area contributed by atoms with Gasteiger partial charge >= 0.3 is 24.4 Å². The second-order valence-electron chi connectivity index (χ2n) is 9.82. The van der Waals surface area contributed by atoms with Gasteiger partial charge in [0.15, 0.2) is 11.5 Å².